The second-order valence-corrected chi connectivity index (χ2v) is 8.52. The molecule has 0 aliphatic heterocycles. The Hall–Kier alpha value is -1.80. The summed E-state index contributed by atoms with van der Waals surface area (Å²) in [4.78, 5) is 12.4. The van der Waals surface area contributed by atoms with Crippen LogP contribution in [-0.4, -0.2) is 38.8 Å². The van der Waals surface area contributed by atoms with Crippen molar-refractivity contribution in [2.75, 3.05) is 25.5 Å². The molecule has 9 heteroatoms. The molecule has 0 saturated heterocycles. The van der Waals surface area contributed by atoms with Crippen molar-refractivity contribution in [3.05, 3.63) is 52.0 Å². The molecule has 2 rings (SSSR count). The number of amides is 1. The topological polar surface area (TPSA) is 75.7 Å². The van der Waals surface area contributed by atoms with Gasteiger partial charge in [0.15, 0.2) is 0 Å². The molecule has 0 aliphatic carbocycles. The molecule has 2 aromatic carbocycles. The number of nitrogens with one attached hydrogen (secondary N) is 1. The second kappa shape index (κ2) is 8.93. The summed E-state index contributed by atoms with van der Waals surface area (Å²) in [5, 5.41) is 3.44. The standard InChI is InChI=1S/C18H20Cl2N2O4S/c1-4-22(11-18(23)21-16-7-5-13(19)9-12(16)2)27(24,25)14-6-8-17(26-3)15(20)10-14/h5-10H,4,11H2,1-3H3,(H,21,23). The van der Waals surface area contributed by atoms with Crippen LogP contribution in [0.5, 0.6) is 5.75 Å². The van der Waals surface area contributed by atoms with Gasteiger partial charge >= 0.3 is 0 Å². The Morgan fingerprint density at radius 2 is 1.89 bits per heavy atom. The van der Waals surface area contributed by atoms with Crippen molar-refractivity contribution in [2.45, 2.75) is 18.7 Å². The smallest absolute Gasteiger partial charge is 0.243 e. The summed E-state index contributed by atoms with van der Waals surface area (Å²) in [7, 11) is -2.45. The number of rotatable bonds is 7. The van der Waals surface area contributed by atoms with Crippen LogP contribution in [0.3, 0.4) is 0 Å². The highest BCUT2D eigenvalue weighted by atomic mass is 35.5. The normalized spacial score (nSPS) is 11.5. The van der Waals surface area contributed by atoms with Gasteiger partial charge in [0.25, 0.3) is 0 Å². The van der Waals surface area contributed by atoms with E-state index >= 15 is 0 Å². The van der Waals surface area contributed by atoms with Crippen molar-refractivity contribution in [3.63, 3.8) is 0 Å². The highest BCUT2D eigenvalue weighted by Crippen LogP contribution is 2.28. The number of carbonyl (C=O) groups excluding carboxylic acids is 1. The van der Waals surface area contributed by atoms with Gasteiger partial charge in [0, 0.05) is 17.3 Å². The van der Waals surface area contributed by atoms with E-state index in [4.69, 9.17) is 27.9 Å². The number of benzene rings is 2. The highest BCUT2D eigenvalue weighted by molar-refractivity contribution is 7.89. The number of anilines is 1. The number of carbonyl (C=O) groups is 1. The molecule has 6 nitrogen and oxygen atoms in total. The van der Waals surface area contributed by atoms with Gasteiger partial charge in [-0.25, -0.2) is 8.42 Å². The molecular weight excluding hydrogens is 411 g/mol. The molecule has 0 saturated carbocycles. The lowest BCUT2D eigenvalue weighted by molar-refractivity contribution is -0.116. The van der Waals surface area contributed by atoms with Gasteiger partial charge in [-0.15, -0.1) is 0 Å². The summed E-state index contributed by atoms with van der Waals surface area (Å²) >= 11 is 11.9. The van der Waals surface area contributed by atoms with Crippen LogP contribution in [0.1, 0.15) is 12.5 Å². The maximum absolute atomic E-state index is 12.8. The number of nitrogens with zero attached hydrogens (tertiary/aromatic N) is 1. The average molecular weight is 431 g/mol. The molecule has 0 fully saturated rings. The number of halogens is 2. The Morgan fingerprint density at radius 1 is 1.19 bits per heavy atom. The number of aryl methyl sites for hydroxylation is 1. The van der Waals surface area contributed by atoms with E-state index in [9.17, 15) is 13.2 Å². The highest BCUT2D eigenvalue weighted by Gasteiger charge is 2.26. The van der Waals surface area contributed by atoms with E-state index in [1.165, 1.54) is 25.3 Å². The number of ether oxygens (including phenoxy) is 1. The fourth-order valence-electron chi connectivity index (χ4n) is 2.44. The maximum Gasteiger partial charge on any atom is 0.243 e. The second-order valence-electron chi connectivity index (χ2n) is 5.73. The minimum atomic E-state index is -3.89. The van der Waals surface area contributed by atoms with Gasteiger partial charge in [-0.05, 0) is 48.9 Å². The van der Waals surface area contributed by atoms with Crippen LogP contribution >= 0.6 is 23.2 Å². The third-order valence-corrected chi connectivity index (χ3v) is 6.34. The van der Waals surface area contributed by atoms with Crippen LogP contribution in [-0.2, 0) is 14.8 Å². The van der Waals surface area contributed by atoms with E-state index in [-0.39, 0.29) is 23.0 Å². The van der Waals surface area contributed by atoms with Crippen molar-refractivity contribution < 1.29 is 17.9 Å². The fourth-order valence-corrected chi connectivity index (χ4v) is 4.42. The van der Waals surface area contributed by atoms with Crippen molar-refractivity contribution in [1.29, 1.82) is 0 Å². The molecule has 0 atom stereocenters. The van der Waals surface area contributed by atoms with Crippen LogP contribution in [0.15, 0.2) is 41.3 Å². The number of hydrogen-bond acceptors (Lipinski definition) is 4. The first-order valence-corrected chi connectivity index (χ1v) is 10.3. The molecule has 1 N–H and O–H groups in total. The average Bonchev–Trinajstić information content (AvgIpc) is 2.61. The molecular formula is C18H20Cl2N2O4S. The summed E-state index contributed by atoms with van der Waals surface area (Å²) in [6.07, 6.45) is 0. The van der Waals surface area contributed by atoms with Gasteiger partial charge in [0.2, 0.25) is 15.9 Å². The van der Waals surface area contributed by atoms with E-state index in [0.29, 0.717) is 16.5 Å². The first-order valence-electron chi connectivity index (χ1n) is 8.08. The molecule has 0 radical (unpaired) electrons. The number of likely N-dealkylation sites (N-methyl/N-ethyl adjacent to an activating group) is 1. The Balaban J connectivity index is 2.19. The molecule has 0 unspecified atom stereocenters. The lowest BCUT2D eigenvalue weighted by atomic mass is 10.2. The lowest BCUT2D eigenvalue weighted by Crippen LogP contribution is -2.37. The van der Waals surface area contributed by atoms with Crippen LogP contribution < -0.4 is 10.1 Å². The van der Waals surface area contributed by atoms with Crippen LogP contribution in [0.4, 0.5) is 5.69 Å². The molecule has 0 aromatic heterocycles. The Bertz CT molecular complexity index is 948. The van der Waals surface area contributed by atoms with E-state index in [2.05, 4.69) is 5.32 Å². The molecule has 146 valence electrons. The SMILES string of the molecule is CCN(CC(=O)Nc1ccc(Cl)cc1C)S(=O)(=O)c1ccc(OC)c(Cl)c1. The monoisotopic (exact) mass is 430 g/mol. The minimum Gasteiger partial charge on any atom is -0.495 e. The number of sulfonamides is 1. The Kier molecular flexibility index (Phi) is 7.11. The van der Waals surface area contributed by atoms with Gasteiger partial charge in [0.05, 0.1) is 23.6 Å². The van der Waals surface area contributed by atoms with E-state index in [1.807, 2.05) is 0 Å². The zero-order chi connectivity index (χ0) is 20.2. The van der Waals surface area contributed by atoms with Crippen molar-refractivity contribution in [3.8, 4) is 5.75 Å². The van der Waals surface area contributed by atoms with Gasteiger partial charge < -0.3 is 10.1 Å². The van der Waals surface area contributed by atoms with E-state index in [1.54, 1.807) is 32.0 Å². The molecule has 0 spiro atoms. The number of methoxy groups -OCH3 is 1. The third kappa shape index (κ3) is 5.13. The Labute approximate surface area is 169 Å². The summed E-state index contributed by atoms with van der Waals surface area (Å²) in [5.41, 5.74) is 1.36. The zero-order valence-electron chi connectivity index (χ0n) is 15.1. The fraction of sp³-hybridized carbons (Fsp3) is 0.278. The lowest BCUT2D eigenvalue weighted by Gasteiger charge is -2.20. The predicted molar refractivity (Wildman–Crippen MR) is 107 cm³/mol. The molecule has 27 heavy (non-hydrogen) atoms. The summed E-state index contributed by atoms with van der Waals surface area (Å²) < 4.78 is 31.8. The first-order chi connectivity index (χ1) is 12.7. The molecule has 2 aromatic rings. The van der Waals surface area contributed by atoms with E-state index < -0.39 is 15.9 Å². The van der Waals surface area contributed by atoms with Gasteiger partial charge in [-0.1, -0.05) is 30.1 Å². The van der Waals surface area contributed by atoms with Gasteiger partial charge in [0.1, 0.15) is 5.75 Å². The minimum absolute atomic E-state index is 0.00868. The van der Waals surface area contributed by atoms with Gasteiger partial charge in [-0.3, -0.25) is 4.79 Å². The first kappa shape index (κ1) is 21.5. The summed E-state index contributed by atoms with van der Waals surface area (Å²) in [6, 6.07) is 9.20. The van der Waals surface area contributed by atoms with Crippen LogP contribution in [0.2, 0.25) is 10.0 Å². The van der Waals surface area contributed by atoms with Crippen molar-refractivity contribution >= 4 is 44.8 Å². The largest absolute Gasteiger partial charge is 0.495 e. The van der Waals surface area contributed by atoms with Crippen molar-refractivity contribution in [1.82, 2.24) is 4.31 Å². The number of hydrogen-bond donors (Lipinski definition) is 1. The Morgan fingerprint density at radius 3 is 2.44 bits per heavy atom. The van der Waals surface area contributed by atoms with Crippen LogP contribution in [0, 0.1) is 6.92 Å². The maximum atomic E-state index is 12.8. The molecule has 0 bridgehead atoms. The predicted octanol–water partition coefficient (Wildman–Crippen LogP) is 3.96. The third-order valence-electron chi connectivity index (χ3n) is 3.90. The summed E-state index contributed by atoms with van der Waals surface area (Å²) in [6.45, 7) is 3.25. The molecule has 0 aliphatic rings. The van der Waals surface area contributed by atoms with Gasteiger partial charge in [-0.2, -0.15) is 4.31 Å². The molecule has 0 heterocycles. The quantitative estimate of drug-likeness (QED) is 0.720. The zero-order valence-corrected chi connectivity index (χ0v) is 17.5. The van der Waals surface area contributed by atoms with E-state index in [0.717, 1.165) is 9.87 Å². The summed E-state index contributed by atoms with van der Waals surface area (Å²) in [5.74, 6) is -0.0833. The molecule has 1 amide bonds. The van der Waals surface area contributed by atoms with Crippen molar-refractivity contribution in [2.24, 2.45) is 0 Å². The van der Waals surface area contributed by atoms with Crippen LogP contribution in [0.25, 0.3) is 0 Å².